The predicted molar refractivity (Wildman–Crippen MR) is 83.6 cm³/mol. The minimum Gasteiger partial charge on any atom is -0.332 e. The third-order valence-electron chi connectivity index (χ3n) is 5.69. The third kappa shape index (κ3) is 3.65. The van der Waals surface area contributed by atoms with E-state index < -0.39 is 53.4 Å². The van der Waals surface area contributed by atoms with Gasteiger partial charge in [0.2, 0.25) is 0 Å². The number of halogens is 10. The maximum Gasteiger partial charge on any atom is 0.460 e. The highest BCUT2D eigenvalue weighted by atomic mass is 19.4. The number of nitrogens with zero attached hydrogens (tertiary/aromatic N) is 1. The van der Waals surface area contributed by atoms with Gasteiger partial charge in [-0.15, -0.1) is 0 Å². The molecule has 0 bridgehead atoms. The molecule has 2 aliphatic rings. The molecule has 0 unspecified atom stereocenters. The van der Waals surface area contributed by atoms with Crippen LogP contribution in [0.15, 0.2) is 18.2 Å². The van der Waals surface area contributed by atoms with Crippen LogP contribution in [0, 0.1) is 0 Å². The van der Waals surface area contributed by atoms with Gasteiger partial charge in [-0.25, -0.2) is 4.39 Å². The molecule has 1 aliphatic carbocycles. The summed E-state index contributed by atoms with van der Waals surface area (Å²) < 4.78 is 130. The van der Waals surface area contributed by atoms with Gasteiger partial charge in [-0.3, -0.25) is 9.59 Å². The second kappa shape index (κ2) is 7.09. The van der Waals surface area contributed by atoms with Gasteiger partial charge < -0.3 is 4.90 Å². The second-order valence-corrected chi connectivity index (χ2v) is 7.39. The molecule has 1 aromatic rings. The van der Waals surface area contributed by atoms with Gasteiger partial charge in [-0.1, -0.05) is 18.2 Å². The summed E-state index contributed by atoms with van der Waals surface area (Å²) in [5.41, 5.74) is -7.06. The van der Waals surface area contributed by atoms with E-state index in [1.807, 2.05) is 0 Å². The molecule has 1 fully saturated rings. The Balaban J connectivity index is 1.94. The second-order valence-electron chi connectivity index (χ2n) is 7.39. The van der Waals surface area contributed by atoms with Crippen molar-refractivity contribution in [3.8, 4) is 0 Å². The first-order chi connectivity index (χ1) is 14.0. The fraction of sp³-hybridized carbons (Fsp3) is 0.556. The zero-order chi connectivity index (χ0) is 23.6. The van der Waals surface area contributed by atoms with Gasteiger partial charge in [-0.2, -0.15) is 39.5 Å². The standard InChI is InChI=1S/C18H13F10NO2/c19-15(17(23,24)25,18(26,27)28)9-2-3-10-8(7-9)1-4-12-11(10)5-6-29(12)14(31)13(30)16(20,21)22/h2-3,7,11-12H,1,4-6H2/t11-,12+/m0/s1. The minimum atomic E-state index is -6.27. The summed E-state index contributed by atoms with van der Waals surface area (Å²) in [4.78, 5) is 23.9. The largest absolute Gasteiger partial charge is 0.460 e. The van der Waals surface area contributed by atoms with E-state index >= 15 is 0 Å². The normalized spacial score (nSPS) is 22.2. The molecule has 3 nitrogen and oxygen atoms in total. The molecule has 2 atom stereocenters. The minimum absolute atomic E-state index is 0.0225. The highest BCUT2D eigenvalue weighted by Crippen LogP contribution is 2.54. The quantitative estimate of drug-likeness (QED) is 0.468. The molecule has 172 valence electrons. The van der Waals surface area contributed by atoms with E-state index in [1.54, 1.807) is 0 Å². The first-order valence-corrected chi connectivity index (χ1v) is 8.88. The molecular formula is C18H13F10NO2. The Kier molecular flexibility index (Phi) is 5.33. The highest BCUT2D eigenvalue weighted by molar-refractivity contribution is 6.38. The van der Waals surface area contributed by atoms with Crippen LogP contribution in [0.4, 0.5) is 43.9 Å². The lowest BCUT2D eigenvalue weighted by Gasteiger charge is -2.35. The Hall–Kier alpha value is -2.34. The SMILES string of the molecule is O=C(C(=O)C(F)(F)F)N1CC[C@H]2c3ccc(C(F)(C(F)(F)F)C(F)(F)F)cc3CC[C@H]21. The van der Waals surface area contributed by atoms with E-state index in [2.05, 4.69) is 0 Å². The van der Waals surface area contributed by atoms with E-state index in [9.17, 15) is 53.5 Å². The maximum atomic E-state index is 14.3. The fourth-order valence-electron chi connectivity index (χ4n) is 4.27. The van der Waals surface area contributed by atoms with Crippen molar-refractivity contribution < 1.29 is 53.5 Å². The van der Waals surface area contributed by atoms with Gasteiger partial charge in [0, 0.05) is 24.1 Å². The summed E-state index contributed by atoms with van der Waals surface area (Å²) in [5.74, 6) is -5.03. The Labute approximate surface area is 168 Å². The summed E-state index contributed by atoms with van der Waals surface area (Å²) in [7, 11) is 0. The van der Waals surface area contributed by atoms with Crippen molar-refractivity contribution in [3.63, 3.8) is 0 Å². The Morgan fingerprint density at radius 1 is 0.871 bits per heavy atom. The van der Waals surface area contributed by atoms with Crippen molar-refractivity contribution in [3.05, 3.63) is 34.9 Å². The van der Waals surface area contributed by atoms with Crippen molar-refractivity contribution in [1.29, 1.82) is 0 Å². The van der Waals surface area contributed by atoms with E-state index in [0.29, 0.717) is 12.1 Å². The van der Waals surface area contributed by atoms with E-state index in [4.69, 9.17) is 0 Å². The number of likely N-dealkylation sites (tertiary alicyclic amines) is 1. The smallest absolute Gasteiger partial charge is 0.332 e. The number of benzene rings is 1. The molecular weight excluding hydrogens is 452 g/mol. The molecule has 1 amide bonds. The number of hydrogen-bond donors (Lipinski definition) is 0. The van der Waals surface area contributed by atoms with Crippen molar-refractivity contribution in [2.24, 2.45) is 0 Å². The molecule has 1 aliphatic heterocycles. The summed E-state index contributed by atoms with van der Waals surface area (Å²) in [6.45, 7) is -0.241. The molecule has 0 N–H and O–H groups in total. The fourth-order valence-corrected chi connectivity index (χ4v) is 4.27. The summed E-state index contributed by atoms with van der Waals surface area (Å²) in [6, 6.07) is 0.788. The number of amides is 1. The van der Waals surface area contributed by atoms with Crippen molar-refractivity contribution >= 4 is 11.7 Å². The molecule has 0 aromatic heterocycles. The first-order valence-electron chi connectivity index (χ1n) is 8.88. The van der Waals surface area contributed by atoms with Crippen molar-refractivity contribution in [2.45, 2.75) is 55.4 Å². The molecule has 1 saturated heterocycles. The summed E-state index contributed by atoms with van der Waals surface area (Å²) in [6.07, 6.45) is -18.2. The third-order valence-corrected chi connectivity index (χ3v) is 5.69. The number of fused-ring (bicyclic) bond motifs is 3. The van der Waals surface area contributed by atoms with Crippen LogP contribution in [0.5, 0.6) is 0 Å². The Morgan fingerprint density at radius 3 is 1.97 bits per heavy atom. The molecule has 1 heterocycles. The van der Waals surface area contributed by atoms with E-state index in [-0.39, 0.29) is 36.9 Å². The van der Waals surface area contributed by atoms with Gasteiger partial charge in [0.1, 0.15) is 0 Å². The van der Waals surface area contributed by atoms with Crippen molar-refractivity contribution in [2.75, 3.05) is 6.54 Å². The van der Waals surface area contributed by atoms with Gasteiger partial charge >= 0.3 is 30.0 Å². The molecule has 0 spiro atoms. The lowest BCUT2D eigenvalue weighted by atomic mass is 9.77. The van der Waals surface area contributed by atoms with Crippen LogP contribution in [0.2, 0.25) is 0 Å². The van der Waals surface area contributed by atoms with E-state index in [1.165, 1.54) is 0 Å². The van der Waals surface area contributed by atoms with E-state index in [0.717, 1.165) is 11.0 Å². The maximum absolute atomic E-state index is 14.3. The number of Topliss-reactive ketones (excluding diaryl/α,β-unsaturated/α-hetero) is 1. The molecule has 13 heteroatoms. The zero-order valence-electron chi connectivity index (χ0n) is 15.3. The van der Waals surface area contributed by atoms with Gasteiger partial charge in [-0.05, 0) is 30.4 Å². The van der Waals surface area contributed by atoms with Crippen LogP contribution >= 0.6 is 0 Å². The van der Waals surface area contributed by atoms with Gasteiger partial charge in [0.25, 0.3) is 5.91 Å². The molecule has 31 heavy (non-hydrogen) atoms. The predicted octanol–water partition coefficient (Wildman–Crippen LogP) is 4.74. The topological polar surface area (TPSA) is 37.4 Å². The Bertz CT molecular complexity index is 888. The number of carbonyl (C=O) groups excluding carboxylic acids is 2. The summed E-state index contributed by atoms with van der Waals surface area (Å²) in [5, 5.41) is 0. The average molecular weight is 465 g/mol. The highest BCUT2D eigenvalue weighted by Gasteiger charge is 2.73. The van der Waals surface area contributed by atoms with Crippen LogP contribution in [0.1, 0.15) is 35.4 Å². The number of alkyl halides is 10. The average Bonchev–Trinajstić information content (AvgIpc) is 3.07. The number of ketones is 1. The van der Waals surface area contributed by atoms with Crippen LogP contribution in [-0.2, 0) is 21.7 Å². The molecule has 3 rings (SSSR count). The zero-order valence-corrected chi connectivity index (χ0v) is 15.3. The van der Waals surface area contributed by atoms with Crippen LogP contribution in [-0.4, -0.2) is 47.7 Å². The van der Waals surface area contributed by atoms with Gasteiger partial charge in [0.05, 0.1) is 0 Å². The number of hydrogen-bond acceptors (Lipinski definition) is 2. The van der Waals surface area contributed by atoms with Crippen molar-refractivity contribution in [1.82, 2.24) is 4.90 Å². The number of carbonyl (C=O) groups is 2. The number of aryl methyl sites for hydroxylation is 1. The Morgan fingerprint density at radius 2 is 1.45 bits per heavy atom. The van der Waals surface area contributed by atoms with Crippen LogP contribution in [0.25, 0.3) is 0 Å². The van der Waals surface area contributed by atoms with Gasteiger partial charge in [0.15, 0.2) is 0 Å². The molecule has 1 aromatic carbocycles. The summed E-state index contributed by atoms with van der Waals surface area (Å²) >= 11 is 0. The first kappa shape index (κ1) is 23.3. The lowest BCUT2D eigenvalue weighted by molar-refractivity contribution is -0.348. The lowest BCUT2D eigenvalue weighted by Crippen LogP contribution is -2.50. The van der Waals surface area contributed by atoms with Crippen LogP contribution < -0.4 is 0 Å². The molecule has 0 saturated carbocycles. The van der Waals surface area contributed by atoms with Crippen LogP contribution in [0.3, 0.4) is 0 Å². The number of rotatable bonds is 2. The monoisotopic (exact) mass is 465 g/mol. The molecule has 0 radical (unpaired) electrons.